The zero-order valence-electron chi connectivity index (χ0n) is 11.6. The van der Waals surface area contributed by atoms with Gasteiger partial charge in [-0.1, -0.05) is 6.07 Å². The molecule has 1 aliphatic rings. The van der Waals surface area contributed by atoms with Gasteiger partial charge in [-0.2, -0.15) is 0 Å². The summed E-state index contributed by atoms with van der Waals surface area (Å²) in [6, 6.07) is 4.19. The summed E-state index contributed by atoms with van der Waals surface area (Å²) in [5.74, 6) is -1.05. The number of rotatable bonds is 5. The molecule has 112 valence electrons. The normalized spacial score (nSPS) is 22.8. The van der Waals surface area contributed by atoms with E-state index in [9.17, 15) is 9.50 Å². The molecule has 0 aliphatic carbocycles. The summed E-state index contributed by atoms with van der Waals surface area (Å²) in [6.07, 6.45) is -1.07. The number of halogens is 1. The van der Waals surface area contributed by atoms with Crippen LogP contribution in [0.25, 0.3) is 0 Å². The molecule has 0 bridgehead atoms. The topological polar surface area (TPSA) is 73.9 Å². The van der Waals surface area contributed by atoms with Crippen molar-refractivity contribution in [3.63, 3.8) is 0 Å². The van der Waals surface area contributed by atoms with E-state index in [1.165, 1.54) is 18.2 Å². The zero-order valence-corrected chi connectivity index (χ0v) is 11.6. The molecule has 0 radical (unpaired) electrons. The van der Waals surface area contributed by atoms with E-state index in [0.717, 1.165) is 0 Å². The second kappa shape index (κ2) is 6.05. The van der Waals surface area contributed by atoms with Crippen molar-refractivity contribution in [1.29, 1.82) is 0 Å². The highest BCUT2D eigenvalue weighted by Gasteiger charge is 2.33. The van der Waals surface area contributed by atoms with E-state index in [0.29, 0.717) is 12.2 Å². The first-order valence-electron chi connectivity index (χ1n) is 6.53. The van der Waals surface area contributed by atoms with E-state index in [2.05, 4.69) is 0 Å². The van der Waals surface area contributed by atoms with Crippen LogP contribution in [-0.2, 0) is 9.47 Å². The summed E-state index contributed by atoms with van der Waals surface area (Å²) in [5, 5.41) is 9.65. The second-order valence-corrected chi connectivity index (χ2v) is 5.20. The van der Waals surface area contributed by atoms with Gasteiger partial charge in [0, 0.05) is 6.54 Å². The highest BCUT2D eigenvalue weighted by molar-refractivity contribution is 5.31. The molecule has 0 unspecified atom stereocenters. The smallest absolute Gasteiger partial charge is 0.165 e. The van der Waals surface area contributed by atoms with Crippen molar-refractivity contribution in [2.24, 2.45) is 5.73 Å². The lowest BCUT2D eigenvalue weighted by molar-refractivity contribution is -0.141. The lowest BCUT2D eigenvalue weighted by atomic mass is 10.1. The first kappa shape index (κ1) is 15.2. The van der Waals surface area contributed by atoms with Crippen molar-refractivity contribution in [2.45, 2.75) is 31.8 Å². The fraction of sp³-hybridized carbons (Fsp3) is 0.571. The number of aliphatic hydroxyl groups is 1. The maximum Gasteiger partial charge on any atom is 0.165 e. The predicted molar refractivity (Wildman–Crippen MR) is 70.8 cm³/mol. The highest BCUT2D eigenvalue weighted by Crippen LogP contribution is 2.25. The lowest BCUT2D eigenvalue weighted by Crippen LogP contribution is -2.25. The molecule has 0 aromatic heterocycles. The van der Waals surface area contributed by atoms with Gasteiger partial charge in [-0.15, -0.1) is 0 Å². The third-order valence-electron chi connectivity index (χ3n) is 3.06. The van der Waals surface area contributed by atoms with Gasteiger partial charge in [-0.05, 0) is 31.5 Å². The number of nitrogens with two attached hydrogens (primary N) is 1. The Morgan fingerprint density at radius 2 is 2.30 bits per heavy atom. The molecule has 1 fully saturated rings. The Morgan fingerprint density at radius 3 is 2.90 bits per heavy atom. The molecule has 1 saturated heterocycles. The van der Waals surface area contributed by atoms with E-state index in [4.69, 9.17) is 19.9 Å². The van der Waals surface area contributed by atoms with Gasteiger partial charge in [0.25, 0.3) is 0 Å². The summed E-state index contributed by atoms with van der Waals surface area (Å²) in [7, 11) is 0. The van der Waals surface area contributed by atoms with E-state index >= 15 is 0 Å². The molecule has 0 saturated carbocycles. The van der Waals surface area contributed by atoms with Crippen LogP contribution >= 0.6 is 0 Å². The van der Waals surface area contributed by atoms with Gasteiger partial charge in [0.2, 0.25) is 0 Å². The minimum atomic E-state index is -0.831. The van der Waals surface area contributed by atoms with Crippen molar-refractivity contribution in [3.8, 4) is 5.75 Å². The molecule has 0 spiro atoms. The van der Waals surface area contributed by atoms with Gasteiger partial charge < -0.3 is 25.1 Å². The molecular weight excluding hydrogens is 265 g/mol. The molecule has 1 aromatic carbocycles. The van der Waals surface area contributed by atoms with Crippen LogP contribution in [0.5, 0.6) is 5.75 Å². The molecule has 2 rings (SSSR count). The van der Waals surface area contributed by atoms with Crippen molar-refractivity contribution in [2.75, 3.05) is 19.8 Å². The van der Waals surface area contributed by atoms with Crippen molar-refractivity contribution >= 4 is 0 Å². The molecule has 3 N–H and O–H groups in total. The van der Waals surface area contributed by atoms with Gasteiger partial charge >= 0.3 is 0 Å². The quantitative estimate of drug-likeness (QED) is 0.854. The van der Waals surface area contributed by atoms with Crippen molar-refractivity contribution < 1.29 is 23.7 Å². The van der Waals surface area contributed by atoms with Crippen LogP contribution in [0.3, 0.4) is 0 Å². The van der Waals surface area contributed by atoms with Gasteiger partial charge in [-0.3, -0.25) is 0 Å². The SMILES string of the molecule is CC1(C)OC[C@H](COc2cc([C@H](O)CN)ccc2F)O1. The summed E-state index contributed by atoms with van der Waals surface area (Å²) in [4.78, 5) is 0. The number of benzene rings is 1. The first-order chi connectivity index (χ1) is 9.41. The summed E-state index contributed by atoms with van der Waals surface area (Å²) >= 11 is 0. The predicted octanol–water partition coefficient (Wildman–Crippen LogP) is 1.35. The van der Waals surface area contributed by atoms with Crippen molar-refractivity contribution in [3.05, 3.63) is 29.6 Å². The van der Waals surface area contributed by atoms with Crippen LogP contribution in [0.1, 0.15) is 25.5 Å². The molecule has 1 heterocycles. The maximum atomic E-state index is 13.7. The molecule has 0 amide bonds. The number of hydrogen-bond donors (Lipinski definition) is 2. The Hall–Kier alpha value is -1.21. The number of ether oxygens (including phenoxy) is 3. The fourth-order valence-electron chi connectivity index (χ4n) is 2.00. The number of aliphatic hydroxyl groups excluding tert-OH is 1. The minimum Gasteiger partial charge on any atom is -0.488 e. The molecular formula is C14H20FNO4. The first-order valence-corrected chi connectivity index (χ1v) is 6.53. The molecule has 5 nitrogen and oxygen atoms in total. The molecule has 20 heavy (non-hydrogen) atoms. The zero-order chi connectivity index (χ0) is 14.8. The Kier molecular flexibility index (Phi) is 4.59. The van der Waals surface area contributed by atoms with Crippen LogP contribution in [0.4, 0.5) is 4.39 Å². The number of hydrogen-bond acceptors (Lipinski definition) is 5. The summed E-state index contributed by atoms with van der Waals surface area (Å²) < 4.78 is 30.0. The maximum absolute atomic E-state index is 13.7. The Balaban J connectivity index is 1.99. The van der Waals surface area contributed by atoms with E-state index in [-0.39, 0.29) is 25.0 Å². The van der Waals surface area contributed by atoms with Gasteiger partial charge in [-0.25, -0.2) is 4.39 Å². The summed E-state index contributed by atoms with van der Waals surface area (Å²) in [6.45, 7) is 4.28. The standard InChI is InChI=1S/C14H20FNO4/c1-14(2)19-8-10(20-14)7-18-13-5-9(12(17)6-16)3-4-11(13)15/h3-5,10,12,17H,6-8,16H2,1-2H3/t10-,12+/m0/s1. The largest absolute Gasteiger partial charge is 0.488 e. The molecule has 1 aliphatic heterocycles. The van der Waals surface area contributed by atoms with E-state index < -0.39 is 17.7 Å². The van der Waals surface area contributed by atoms with Crippen LogP contribution in [0.2, 0.25) is 0 Å². The molecule has 6 heteroatoms. The van der Waals surface area contributed by atoms with Gasteiger partial charge in [0.15, 0.2) is 17.4 Å². The van der Waals surface area contributed by atoms with Crippen molar-refractivity contribution in [1.82, 2.24) is 0 Å². The Bertz CT molecular complexity index is 466. The van der Waals surface area contributed by atoms with E-state index in [1.54, 1.807) is 0 Å². The third kappa shape index (κ3) is 3.67. The van der Waals surface area contributed by atoms with Gasteiger partial charge in [0.1, 0.15) is 12.7 Å². The van der Waals surface area contributed by atoms with Gasteiger partial charge in [0.05, 0.1) is 12.7 Å². The average molecular weight is 285 g/mol. The summed E-state index contributed by atoms with van der Waals surface area (Å²) in [5.41, 5.74) is 5.90. The lowest BCUT2D eigenvalue weighted by Gasteiger charge is -2.17. The Labute approximate surface area is 117 Å². The van der Waals surface area contributed by atoms with Crippen LogP contribution in [-0.4, -0.2) is 36.8 Å². The monoisotopic (exact) mass is 285 g/mol. The molecule has 2 atom stereocenters. The average Bonchev–Trinajstić information content (AvgIpc) is 2.76. The third-order valence-corrected chi connectivity index (χ3v) is 3.06. The van der Waals surface area contributed by atoms with E-state index in [1.807, 2.05) is 13.8 Å². The minimum absolute atomic E-state index is 0.0683. The Morgan fingerprint density at radius 1 is 1.55 bits per heavy atom. The van der Waals surface area contributed by atoms with Crippen LogP contribution in [0.15, 0.2) is 18.2 Å². The van der Waals surface area contributed by atoms with Crippen LogP contribution in [0, 0.1) is 5.82 Å². The second-order valence-electron chi connectivity index (χ2n) is 5.20. The highest BCUT2D eigenvalue weighted by atomic mass is 19.1. The van der Waals surface area contributed by atoms with Crippen LogP contribution < -0.4 is 10.5 Å². The fourth-order valence-corrected chi connectivity index (χ4v) is 2.00. The molecule has 1 aromatic rings.